The smallest absolute Gasteiger partial charge is 0.238 e. The number of amides is 4. The van der Waals surface area contributed by atoms with Crippen LogP contribution in [-0.2, 0) is 19.2 Å². The van der Waals surface area contributed by atoms with Gasteiger partial charge >= 0.3 is 0 Å². The zero-order chi connectivity index (χ0) is 24.3. The molecule has 4 fully saturated rings. The van der Waals surface area contributed by atoms with Crippen LogP contribution in [0.1, 0.15) is 12.8 Å². The Morgan fingerprint density at radius 2 is 0.722 bits per heavy atom. The van der Waals surface area contributed by atoms with Gasteiger partial charge in [-0.25, -0.2) is 0 Å². The molecule has 2 aromatic rings. The Morgan fingerprint density at radius 1 is 0.444 bits per heavy atom. The van der Waals surface area contributed by atoms with E-state index in [0.29, 0.717) is 11.4 Å². The van der Waals surface area contributed by atoms with E-state index in [1.54, 1.807) is 0 Å². The van der Waals surface area contributed by atoms with Gasteiger partial charge in [-0.2, -0.15) is 0 Å². The molecular weight excluding hydrogens is 452 g/mol. The van der Waals surface area contributed by atoms with Crippen molar-refractivity contribution in [2.75, 3.05) is 9.80 Å². The fourth-order valence-corrected chi connectivity index (χ4v) is 7.92. The molecule has 6 nitrogen and oxygen atoms in total. The van der Waals surface area contributed by atoms with E-state index in [9.17, 15) is 19.2 Å². The molecule has 0 radical (unpaired) electrons. The number of fused-ring (bicyclic) bond motifs is 10. The lowest BCUT2D eigenvalue weighted by Crippen LogP contribution is -2.32. The predicted molar refractivity (Wildman–Crippen MR) is 132 cm³/mol. The number of hydrogen-bond acceptors (Lipinski definition) is 4. The van der Waals surface area contributed by atoms with Gasteiger partial charge < -0.3 is 0 Å². The second-order valence-electron chi connectivity index (χ2n) is 11.1. The molecule has 2 aromatic carbocycles. The molecule has 36 heavy (non-hydrogen) atoms. The Hall–Kier alpha value is -3.80. The molecule has 0 spiro atoms. The molecule has 8 atom stereocenters. The van der Waals surface area contributed by atoms with Gasteiger partial charge in [0.2, 0.25) is 23.6 Å². The number of nitrogens with zero attached hydrogens (tertiary/aromatic N) is 2. The van der Waals surface area contributed by atoms with Crippen molar-refractivity contribution in [3.8, 4) is 11.1 Å². The number of allylic oxidation sites excluding steroid dienone is 4. The highest BCUT2D eigenvalue weighted by atomic mass is 16.2. The summed E-state index contributed by atoms with van der Waals surface area (Å²) in [5, 5.41) is 0. The third-order valence-electron chi connectivity index (χ3n) is 9.53. The van der Waals surface area contributed by atoms with Crippen molar-refractivity contribution in [1.82, 2.24) is 0 Å². The summed E-state index contributed by atoms with van der Waals surface area (Å²) >= 11 is 0. The molecular formula is C30H24N2O4. The van der Waals surface area contributed by atoms with Gasteiger partial charge in [-0.05, 0) is 71.9 Å². The molecule has 8 rings (SSSR count). The Morgan fingerprint density at radius 3 is 1.00 bits per heavy atom. The average molecular weight is 477 g/mol. The molecule has 4 bridgehead atoms. The SMILES string of the molecule is O=C1[C@@H]2[C@H](C(=O)N1c1ccc(-c3ccc(N4C(=O)[C@@H]5[C@H](C4=O)[C@@H]4C=C[C@H]5C4)cc3)cc1)[C@@H]1C=C[C@H]2C1. The number of carbonyl (C=O) groups is 4. The molecule has 0 N–H and O–H groups in total. The first-order valence-electron chi connectivity index (χ1n) is 12.8. The highest BCUT2D eigenvalue weighted by Gasteiger charge is 2.60. The molecule has 2 saturated carbocycles. The van der Waals surface area contributed by atoms with Crippen molar-refractivity contribution < 1.29 is 19.2 Å². The van der Waals surface area contributed by atoms with Crippen LogP contribution in [0, 0.1) is 47.3 Å². The van der Waals surface area contributed by atoms with E-state index in [1.807, 2.05) is 48.5 Å². The van der Waals surface area contributed by atoms with Crippen LogP contribution in [0.2, 0.25) is 0 Å². The average Bonchev–Trinajstić information content (AvgIpc) is 3.73. The summed E-state index contributed by atoms with van der Waals surface area (Å²) in [6, 6.07) is 14.9. The zero-order valence-electron chi connectivity index (χ0n) is 19.5. The summed E-state index contributed by atoms with van der Waals surface area (Å²) in [5.41, 5.74) is 3.10. The van der Waals surface area contributed by atoms with Crippen LogP contribution >= 0.6 is 0 Å². The standard InChI is InChI=1S/C30H24N2O4/c33-27-23-17-1-2-18(13-17)24(23)28(34)31(27)21-9-5-15(6-10-21)16-7-11-22(12-8-16)32-29(35)25-19-3-4-20(14-19)26(25)30(32)36/h1-12,17-20,23-26H,13-14H2/t17-,18+,19-,20+,23-,24+,25-,26+. The minimum atomic E-state index is -0.207. The van der Waals surface area contributed by atoms with Gasteiger partial charge in [0.15, 0.2) is 0 Å². The maximum Gasteiger partial charge on any atom is 0.238 e. The quantitative estimate of drug-likeness (QED) is 0.496. The third-order valence-corrected chi connectivity index (χ3v) is 9.53. The lowest BCUT2D eigenvalue weighted by molar-refractivity contribution is -0.124. The van der Waals surface area contributed by atoms with Gasteiger partial charge in [0.05, 0.1) is 35.0 Å². The van der Waals surface area contributed by atoms with Crippen LogP contribution in [-0.4, -0.2) is 23.6 Å². The van der Waals surface area contributed by atoms with Gasteiger partial charge in [0.1, 0.15) is 0 Å². The van der Waals surface area contributed by atoms with Crippen molar-refractivity contribution in [3.05, 3.63) is 72.8 Å². The van der Waals surface area contributed by atoms with Gasteiger partial charge in [-0.15, -0.1) is 0 Å². The van der Waals surface area contributed by atoms with E-state index < -0.39 is 0 Å². The maximum atomic E-state index is 13.1. The Bertz CT molecular complexity index is 1250. The molecule has 4 amide bonds. The van der Waals surface area contributed by atoms with Crippen LogP contribution < -0.4 is 9.80 Å². The number of hydrogen-bond donors (Lipinski definition) is 0. The first-order chi connectivity index (χ1) is 17.5. The Labute approximate surface area is 208 Å². The number of benzene rings is 2. The summed E-state index contributed by atoms with van der Waals surface area (Å²) < 4.78 is 0. The lowest BCUT2D eigenvalue weighted by atomic mass is 9.85. The molecule has 2 saturated heterocycles. The van der Waals surface area contributed by atoms with Gasteiger partial charge in [-0.3, -0.25) is 29.0 Å². The van der Waals surface area contributed by atoms with Crippen LogP contribution in [0.25, 0.3) is 11.1 Å². The van der Waals surface area contributed by atoms with Crippen molar-refractivity contribution >= 4 is 35.0 Å². The minimum absolute atomic E-state index is 0.0766. The van der Waals surface area contributed by atoms with E-state index in [-0.39, 0.29) is 71.0 Å². The zero-order valence-corrected chi connectivity index (χ0v) is 19.5. The fourth-order valence-electron chi connectivity index (χ4n) is 7.92. The summed E-state index contributed by atoms with van der Waals surface area (Å²) in [7, 11) is 0. The summed E-state index contributed by atoms with van der Waals surface area (Å²) in [5.74, 6) is -0.359. The Balaban J connectivity index is 1.03. The van der Waals surface area contributed by atoms with E-state index in [2.05, 4.69) is 24.3 Å². The van der Waals surface area contributed by atoms with Crippen molar-refractivity contribution in [1.29, 1.82) is 0 Å². The predicted octanol–water partition coefficient (Wildman–Crippen LogP) is 3.98. The first-order valence-corrected chi connectivity index (χ1v) is 12.8. The molecule has 4 aliphatic carbocycles. The molecule has 2 heterocycles. The number of imide groups is 2. The van der Waals surface area contributed by atoms with Gasteiger partial charge in [0, 0.05) is 0 Å². The van der Waals surface area contributed by atoms with E-state index in [0.717, 1.165) is 24.0 Å². The second kappa shape index (κ2) is 6.90. The molecule has 6 aliphatic rings. The molecule has 0 unspecified atom stereocenters. The fraction of sp³-hybridized carbons (Fsp3) is 0.333. The van der Waals surface area contributed by atoms with E-state index in [1.165, 1.54) is 9.80 Å². The van der Waals surface area contributed by atoms with E-state index in [4.69, 9.17) is 0 Å². The van der Waals surface area contributed by atoms with Crippen LogP contribution in [0.4, 0.5) is 11.4 Å². The van der Waals surface area contributed by atoms with Crippen LogP contribution in [0.15, 0.2) is 72.8 Å². The molecule has 0 aromatic heterocycles. The van der Waals surface area contributed by atoms with Crippen LogP contribution in [0.3, 0.4) is 0 Å². The third kappa shape index (κ3) is 2.47. The number of anilines is 2. The van der Waals surface area contributed by atoms with Crippen LogP contribution in [0.5, 0.6) is 0 Å². The normalized spacial score (nSPS) is 37.1. The topological polar surface area (TPSA) is 74.8 Å². The van der Waals surface area contributed by atoms with Gasteiger partial charge in [0.25, 0.3) is 0 Å². The monoisotopic (exact) mass is 476 g/mol. The second-order valence-corrected chi connectivity index (χ2v) is 11.1. The highest BCUT2D eigenvalue weighted by molar-refractivity contribution is 6.23. The number of carbonyl (C=O) groups excluding carboxylic acids is 4. The number of rotatable bonds is 3. The maximum absolute atomic E-state index is 13.1. The molecule has 6 heteroatoms. The molecule has 178 valence electrons. The summed E-state index contributed by atoms with van der Waals surface area (Å²) in [4.78, 5) is 55.1. The Kier molecular flexibility index (Phi) is 3.91. The minimum Gasteiger partial charge on any atom is -0.274 e. The molecule has 2 aliphatic heterocycles. The van der Waals surface area contributed by atoms with Crippen molar-refractivity contribution in [2.24, 2.45) is 47.3 Å². The van der Waals surface area contributed by atoms with Crippen molar-refractivity contribution in [3.63, 3.8) is 0 Å². The largest absolute Gasteiger partial charge is 0.274 e. The highest BCUT2D eigenvalue weighted by Crippen LogP contribution is 2.54. The van der Waals surface area contributed by atoms with E-state index >= 15 is 0 Å². The summed E-state index contributed by atoms with van der Waals surface area (Å²) in [6.07, 6.45) is 10.2. The first kappa shape index (κ1) is 20.4. The van der Waals surface area contributed by atoms with Crippen molar-refractivity contribution in [2.45, 2.75) is 12.8 Å². The van der Waals surface area contributed by atoms with Gasteiger partial charge in [-0.1, -0.05) is 48.6 Å². The lowest BCUT2D eigenvalue weighted by Gasteiger charge is -2.18. The summed E-state index contributed by atoms with van der Waals surface area (Å²) in [6.45, 7) is 0.